The number of nitro groups is 1. The van der Waals surface area contributed by atoms with Crippen LogP contribution in [0.4, 0.5) is 5.69 Å². The molecule has 6 nitrogen and oxygen atoms in total. The normalized spacial score (nSPS) is 20.0. The van der Waals surface area contributed by atoms with Gasteiger partial charge in [-0.15, -0.1) is 0 Å². The zero-order chi connectivity index (χ0) is 13.1. The lowest BCUT2D eigenvalue weighted by atomic mass is 10.0. The van der Waals surface area contributed by atoms with Crippen LogP contribution in [0.1, 0.15) is 37.1 Å². The summed E-state index contributed by atoms with van der Waals surface area (Å²) < 4.78 is 1.77. The Kier molecular flexibility index (Phi) is 3.96. The highest BCUT2D eigenvalue weighted by Gasteiger charge is 2.22. The number of rotatable bonds is 4. The maximum atomic E-state index is 10.9. The Balaban J connectivity index is 2.01. The summed E-state index contributed by atoms with van der Waals surface area (Å²) in [7, 11) is 0. The summed E-state index contributed by atoms with van der Waals surface area (Å²) >= 11 is 0. The van der Waals surface area contributed by atoms with Gasteiger partial charge in [0, 0.05) is 12.6 Å². The molecule has 1 fully saturated rings. The number of hydrogen-bond donors (Lipinski definition) is 1. The molecule has 2 rings (SSSR count). The third kappa shape index (κ3) is 2.69. The van der Waals surface area contributed by atoms with Crippen LogP contribution in [0, 0.1) is 24.0 Å². The van der Waals surface area contributed by atoms with Crippen molar-refractivity contribution in [2.24, 2.45) is 0 Å². The molecule has 1 aromatic heterocycles. The Morgan fingerprint density at radius 3 is 2.83 bits per heavy atom. The van der Waals surface area contributed by atoms with E-state index in [2.05, 4.69) is 10.4 Å². The van der Waals surface area contributed by atoms with Gasteiger partial charge in [0.2, 0.25) is 0 Å². The van der Waals surface area contributed by atoms with Crippen LogP contribution in [-0.2, 0) is 6.54 Å². The topological polar surface area (TPSA) is 73.0 Å². The van der Waals surface area contributed by atoms with Crippen LogP contribution in [0.3, 0.4) is 0 Å². The Morgan fingerprint density at radius 1 is 1.50 bits per heavy atom. The molecule has 100 valence electrons. The van der Waals surface area contributed by atoms with Crippen LogP contribution in [-0.4, -0.2) is 27.3 Å². The van der Waals surface area contributed by atoms with Gasteiger partial charge in [-0.1, -0.05) is 6.42 Å². The summed E-state index contributed by atoms with van der Waals surface area (Å²) in [6.07, 6.45) is 4.71. The molecule has 6 heteroatoms. The average molecular weight is 252 g/mol. The summed E-state index contributed by atoms with van der Waals surface area (Å²) in [4.78, 5) is 10.6. The van der Waals surface area contributed by atoms with E-state index in [1.165, 1.54) is 19.3 Å². The Morgan fingerprint density at radius 2 is 2.28 bits per heavy atom. The van der Waals surface area contributed by atoms with Gasteiger partial charge >= 0.3 is 5.69 Å². The molecule has 1 aliphatic rings. The number of aryl methyl sites for hydroxylation is 2. The van der Waals surface area contributed by atoms with Crippen LogP contribution in [0.15, 0.2) is 0 Å². The van der Waals surface area contributed by atoms with Gasteiger partial charge in [-0.3, -0.25) is 14.8 Å². The van der Waals surface area contributed by atoms with Gasteiger partial charge in [0.05, 0.1) is 4.92 Å². The van der Waals surface area contributed by atoms with Crippen molar-refractivity contribution in [2.45, 2.75) is 52.1 Å². The molecule has 0 aromatic carbocycles. The molecule has 1 unspecified atom stereocenters. The van der Waals surface area contributed by atoms with E-state index >= 15 is 0 Å². The molecule has 1 aromatic rings. The van der Waals surface area contributed by atoms with Crippen molar-refractivity contribution in [3.05, 3.63) is 21.5 Å². The van der Waals surface area contributed by atoms with Crippen LogP contribution in [0.25, 0.3) is 0 Å². The monoisotopic (exact) mass is 252 g/mol. The molecule has 1 N–H and O–H groups in total. The molecule has 18 heavy (non-hydrogen) atoms. The van der Waals surface area contributed by atoms with Crippen molar-refractivity contribution in [2.75, 3.05) is 6.54 Å². The van der Waals surface area contributed by atoms with Gasteiger partial charge in [0.25, 0.3) is 0 Å². The van der Waals surface area contributed by atoms with Crippen LogP contribution in [0.2, 0.25) is 0 Å². The van der Waals surface area contributed by atoms with E-state index in [9.17, 15) is 10.1 Å². The standard InChI is InChI=1S/C12H20N4O2/c1-9-12(16(17)18)10(2)15(14-9)8-6-11-5-3-4-7-13-11/h11,13H,3-8H2,1-2H3. The molecule has 2 heterocycles. The number of hydrogen-bond acceptors (Lipinski definition) is 4. The van der Waals surface area contributed by atoms with Crippen molar-refractivity contribution < 1.29 is 4.92 Å². The lowest BCUT2D eigenvalue weighted by Crippen LogP contribution is -2.34. The first-order chi connectivity index (χ1) is 8.59. The summed E-state index contributed by atoms with van der Waals surface area (Å²) in [5.74, 6) is 0. The van der Waals surface area contributed by atoms with E-state index < -0.39 is 0 Å². The van der Waals surface area contributed by atoms with Gasteiger partial charge in [-0.25, -0.2) is 0 Å². The molecule has 0 bridgehead atoms. The summed E-state index contributed by atoms with van der Waals surface area (Å²) in [5, 5.41) is 18.6. The second-order valence-electron chi connectivity index (χ2n) is 4.94. The predicted octanol–water partition coefficient (Wildman–Crippen LogP) is 1.94. The molecule has 0 saturated carbocycles. The SMILES string of the molecule is Cc1nn(CCC2CCCCN2)c(C)c1[N+](=O)[O-]. The van der Waals surface area contributed by atoms with E-state index in [4.69, 9.17) is 0 Å². The zero-order valence-corrected chi connectivity index (χ0v) is 11.0. The maximum absolute atomic E-state index is 10.9. The van der Waals surface area contributed by atoms with Crippen LogP contribution in [0.5, 0.6) is 0 Å². The van der Waals surface area contributed by atoms with Gasteiger partial charge in [-0.2, -0.15) is 5.10 Å². The van der Waals surface area contributed by atoms with E-state index in [1.807, 2.05) is 0 Å². The van der Waals surface area contributed by atoms with Crippen molar-refractivity contribution in [1.82, 2.24) is 15.1 Å². The second-order valence-corrected chi connectivity index (χ2v) is 4.94. The fourth-order valence-electron chi connectivity index (χ4n) is 2.62. The highest BCUT2D eigenvalue weighted by molar-refractivity contribution is 5.39. The second kappa shape index (κ2) is 5.48. The van der Waals surface area contributed by atoms with Crippen LogP contribution < -0.4 is 5.32 Å². The number of piperidine rings is 1. The zero-order valence-electron chi connectivity index (χ0n) is 11.0. The minimum absolute atomic E-state index is 0.159. The third-order valence-electron chi connectivity index (χ3n) is 3.63. The Hall–Kier alpha value is -1.43. The van der Waals surface area contributed by atoms with Gasteiger partial charge in [0.1, 0.15) is 11.4 Å². The molecular weight excluding hydrogens is 232 g/mol. The number of aromatic nitrogens is 2. The fourth-order valence-corrected chi connectivity index (χ4v) is 2.62. The maximum Gasteiger partial charge on any atom is 0.312 e. The van der Waals surface area contributed by atoms with Crippen molar-refractivity contribution in [3.63, 3.8) is 0 Å². The van der Waals surface area contributed by atoms with Crippen LogP contribution >= 0.6 is 0 Å². The largest absolute Gasteiger partial charge is 0.314 e. The van der Waals surface area contributed by atoms with Crippen molar-refractivity contribution in [3.8, 4) is 0 Å². The van der Waals surface area contributed by atoms with E-state index in [-0.39, 0.29) is 10.6 Å². The Bertz CT molecular complexity index is 436. The predicted molar refractivity (Wildman–Crippen MR) is 68.6 cm³/mol. The molecule has 0 radical (unpaired) electrons. The summed E-state index contributed by atoms with van der Waals surface area (Å²) in [6, 6.07) is 0.529. The smallest absolute Gasteiger partial charge is 0.312 e. The van der Waals surface area contributed by atoms with Gasteiger partial charge in [-0.05, 0) is 39.7 Å². The quantitative estimate of drug-likeness (QED) is 0.656. The summed E-state index contributed by atoms with van der Waals surface area (Å²) in [5.41, 5.74) is 1.33. The van der Waals surface area contributed by atoms with E-state index in [1.54, 1.807) is 18.5 Å². The van der Waals surface area contributed by atoms with Gasteiger partial charge in [0.15, 0.2) is 0 Å². The molecule has 0 aliphatic carbocycles. The lowest BCUT2D eigenvalue weighted by molar-refractivity contribution is -0.386. The lowest BCUT2D eigenvalue weighted by Gasteiger charge is -2.23. The molecule has 1 atom stereocenters. The molecule has 1 saturated heterocycles. The fraction of sp³-hybridized carbons (Fsp3) is 0.750. The van der Waals surface area contributed by atoms with Crippen molar-refractivity contribution >= 4 is 5.69 Å². The first-order valence-electron chi connectivity index (χ1n) is 6.51. The minimum Gasteiger partial charge on any atom is -0.314 e. The first-order valence-corrected chi connectivity index (χ1v) is 6.51. The highest BCUT2D eigenvalue weighted by Crippen LogP contribution is 2.22. The van der Waals surface area contributed by atoms with E-state index in [0.29, 0.717) is 17.4 Å². The molecular formula is C12H20N4O2. The number of nitrogens with one attached hydrogen (secondary N) is 1. The highest BCUT2D eigenvalue weighted by atomic mass is 16.6. The third-order valence-corrected chi connectivity index (χ3v) is 3.63. The van der Waals surface area contributed by atoms with Crippen molar-refractivity contribution in [1.29, 1.82) is 0 Å². The van der Waals surface area contributed by atoms with Gasteiger partial charge < -0.3 is 5.32 Å². The molecule has 0 amide bonds. The summed E-state index contributed by atoms with van der Waals surface area (Å²) in [6.45, 7) is 5.30. The Labute approximate surface area is 107 Å². The minimum atomic E-state index is -0.340. The average Bonchev–Trinajstić information content (AvgIpc) is 2.63. The first kappa shape index (κ1) is 13.0. The molecule has 0 spiro atoms. The number of nitrogens with zero attached hydrogens (tertiary/aromatic N) is 3. The molecule has 1 aliphatic heterocycles. The van der Waals surface area contributed by atoms with E-state index in [0.717, 1.165) is 19.5 Å².